The maximum absolute atomic E-state index is 12.4. The highest BCUT2D eigenvalue weighted by molar-refractivity contribution is 7.99. The number of aromatic nitrogens is 3. The predicted octanol–water partition coefficient (Wildman–Crippen LogP) is 4.19. The van der Waals surface area contributed by atoms with Crippen LogP contribution in [0.15, 0.2) is 47.6 Å². The molecule has 0 radical (unpaired) electrons. The minimum absolute atomic E-state index is 0.00676. The van der Waals surface area contributed by atoms with Gasteiger partial charge in [0.1, 0.15) is 5.02 Å². The quantitative estimate of drug-likeness (QED) is 0.289. The SMILES string of the molecule is COCCn1c(SCC(=O)Nc2ccc(Cl)c([N+](=O)[O-])c2)nnc1-c1cccc(C)c1. The summed E-state index contributed by atoms with van der Waals surface area (Å²) in [7, 11) is 1.61. The van der Waals surface area contributed by atoms with Crippen LogP contribution in [0.4, 0.5) is 11.4 Å². The van der Waals surface area contributed by atoms with Gasteiger partial charge in [0.25, 0.3) is 5.69 Å². The number of rotatable bonds is 9. The number of ether oxygens (including phenoxy) is 1. The van der Waals surface area contributed by atoms with Crippen LogP contribution in [0.1, 0.15) is 5.56 Å². The molecule has 1 aromatic heterocycles. The molecule has 3 rings (SSSR count). The number of benzene rings is 2. The van der Waals surface area contributed by atoms with E-state index in [0.29, 0.717) is 29.8 Å². The minimum Gasteiger partial charge on any atom is -0.383 e. The maximum atomic E-state index is 12.4. The Morgan fingerprint density at radius 3 is 2.81 bits per heavy atom. The van der Waals surface area contributed by atoms with Crippen LogP contribution in [0.25, 0.3) is 11.4 Å². The lowest BCUT2D eigenvalue weighted by Crippen LogP contribution is -2.15. The van der Waals surface area contributed by atoms with Crippen molar-refractivity contribution in [2.75, 3.05) is 24.8 Å². The number of aryl methyl sites for hydroxylation is 1. The average Bonchev–Trinajstić information content (AvgIpc) is 3.14. The lowest BCUT2D eigenvalue weighted by atomic mass is 10.1. The van der Waals surface area contributed by atoms with E-state index in [-0.39, 0.29) is 22.4 Å². The third-order valence-corrected chi connectivity index (χ3v) is 5.56. The molecule has 0 atom stereocenters. The van der Waals surface area contributed by atoms with E-state index in [1.807, 2.05) is 35.8 Å². The first-order chi connectivity index (χ1) is 14.9. The standard InChI is InChI=1S/C20H20ClN5O4S/c1-13-4-3-5-14(10-13)19-23-24-20(25(19)8-9-30-2)31-12-18(27)22-15-6-7-16(21)17(11-15)26(28)29/h3-7,10-11H,8-9,12H2,1-2H3,(H,22,27). The van der Waals surface area contributed by atoms with Crippen molar-refractivity contribution >= 4 is 40.6 Å². The summed E-state index contributed by atoms with van der Waals surface area (Å²) in [6.45, 7) is 2.99. The molecule has 2 aromatic carbocycles. The van der Waals surface area contributed by atoms with Gasteiger partial charge in [0.15, 0.2) is 11.0 Å². The van der Waals surface area contributed by atoms with Crippen LogP contribution < -0.4 is 5.32 Å². The Bertz CT molecular complexity index is 1100. The van der Waals surface area contributed by atoms with Gasteiger partial charge in [-0.3, -0.25) is 19.5 Å². The molecule has 0 fully saturated rings. The number of hydrogen-bond donors (Lipinski definition) is 1. The highest BCUT2D eigenvalue weighted by atomic mass is 35.5. The number of carbonyl (C=O) groups excluding carboxylic acids is 1. The van der Waals surface area contributed by atoms with Crippen molar-refractivity contribution in [3.8, 4) is 11.4 Å². The van der Waals surface area contributed by atoms with Gasteiger partial charge >= 0.3 is 0 Å². The molecule has 0 aliphatic carbocycles. The van der Waals surface area contributed by atoms with E-state index in [0.717, 1.165) is 11.1 Å². The summed E-state index contributed by atoms with van der Waals surface area (Å²) in [5.41, 5.74) is 2.05. The molecule has 0 saturated heterocycles. The molecule has 0 aliphatic heterocycles. The Morgan fingerprint density at radius 2 is 2.10 bits per heavy atom. The monoisotopic (exact) mass is 461 g/mol. The van der Waals surface area contributed by atoms with E-state index in [2.05, 4.69) is 15.5 Å². The summed E-state index contributed by atoms with van der Waals surface area (Å²) in [6.07, 6.45) is 0. The molecule has 0 unspecified atom stereocenters. The van der Waals surface area contributed by atoms with Gasteiger partial charge in [-0.15, -0.1) is 10.2 Å². The Kier molecular flexibility index (Phi) is 7.61. The third kappa shape index (κ3) is 5.81. The molecule has 1 heterocycles. The van der Waals surface area contributed by atoms with Crippen LogP contribution in [0.2, 0.25) is 5.02 Å². The molecule has 0 aliphatic rings. The summed E-state index contributed by atoms with van der Waals surface area (Å²) < 4.78 is 7.10. The van der Waals surface area contributed by atoms with E-state index in [1.165, 1.54) is 30.0 Å². The Morgan fingerprint density at radius 1 is 1.29 bits per heavy atom. The minimum atomic E-state index is -0.599. The number of halogens is 1. The second-order valence-electron chi connectivity index (χ2n) is 6.58. The van der Waals surface area contributed by atoms with Crippen molar-refractivity contribution in [1.29, 1.82) is 0 Å². The normalized spacial score (nSPS) is 10.8. The van der Waals surface area contributed by atoms with Crippen molar-refractivity contribution in [2.45, 2.75) is 18.6 Å². The molecular weight excluding hydrogens is 442 g/mol. The van der Waals surface area contributed by atoms with Crippen LogP contribution in [-0.2, 0) is 16.1 Å². The average molecular weight is 462 g/mol. The van der Waals surface area contributed by atoms with Gasteiger partial charge in [-0.05, 0) is 25.1 Å². The van der Waals surface area contributed by atoms with E-state index < -0.39 is 4.92 Å². The lowest BCUT2D eigenvalue weighted by molar-refractivity contribution is -0.384. The molecule has 0 bridgehead atoms. The zero-order valence-electron chi connectivity index (χ0n) is 16.9. The highest BCUT2D eigenvalue weighted by Crippen LogP contribution is 2.28. The van der Waals surface area contributed by atoms with Crippen molar-refractivity contribution in [1.82, 2.24) is 14.8 Å². The second-order valence-corrected chi connectivity index (χ2v) is 7.93. The van der Waals surface area contributed by atoms with Crippen LogP contribution in [0, 0.1) is 17.0 Å². The number of hydrogen-bond acceptors (Lipinski definition) is 7. The van der Waals surface area contributed by atoms with Gasteiger partial charge in [0.05, 0.1) is 23.8 Å². The molecule has 9 nitrogen and oxygen atoms in total. The predicted molar refractivity (Wildman–Crippen MR) is 120 cm³/mol. The topological polar surface area (TPSA) is 112 Å². The van der Waals surface area contributed by atoms with E-state index in [9.17, 15) is 14.9 Å². The van der Waals surface area contributed by atoms with E-state index >= 15 is 0 Å². The zero-order valence-corrected chi connectivity index (χ0v) is 18.4. The number of anilines is 1. The number of methoxy groups -OCH3 is 1. The third-order valence-electron chi connectivity index (χ3n) is 4.27. The molecule has 162 valence electrons. The fourth-order valence-electron chi connectivity index (χ4n) is 2.83. The lowest BCUT2D eigenvalue weighted by Gasteiger charge is -2.10. The molecule has 31 heavy (non-hydrogen) atoms. The van der Waals surface area contributed by atoms with Crippen LogP contribution in [0.3, 0.4) is 0 Å². The summed E-state index contributed by atoms with van der Waals surface area (Å²) >= 11 is 7.02. The van der Waals surface area contributed by atoms with Gasteiger partial charge in [0.2, 0.25) is 5.91 Å². The molecule has 1 amide bonds. The fraction of sp³-hybridized carbons (Fsp3) is 0.250. The highest BCUT2D eigenvalue weighted by Gasteiger charge is 2.17. The first kappa shape index (κ1) is 22.7. The maximum Gasteiger partial charge on any atom is 0.289 e. The first-order valence-electron chi connectivity index (χ1n) is 9.25. The molecule has 1 N–H and O–H groups in total. The second kappa shape index (κ2) is 10.4. The fourth-order valence-corrected chi connectivity index (χ4v) is 3.79. The van der Waals surface area contributed by atoms with Crippen molar-refractivity contribution in [3.05, 3.63) is 63.2 Å². The number of amides is 1. The van der Waals surface area contributed by atoms with Gasteiger partial charge < -0.3 is 10.1 Å². The summed E-state index contributed by atoms with van der Waals surface area (Å²) in [4.78, 5) is 22.8. The number of nitro benzene ring substituents is 1. The number of carbonyl (C=O) groups is 1. The molecule has 0 spiro atoms. The smallest absolute Gasteiger partial charge is 0.289 e. The molecule has 0 saturated carbocycles. The van der Waals surface area contributed by atoms with E-state index in [1.54, 1.807) is 7.11 Å². The van der Waals surface area contributed by atoms with Crippen molar-refractivity contribution in [3.63, 3.8) is 0 Å². The van der Waals surface area contributed by atoms with Crippen LogP contribution in [0.5, 0.6) is 0 Å². The van der Waals surface area contributed by atoms with Crippen molar-refractivity contribution in [2.24, 2.45) is 0 Å². The summed E-state index contributed by atoms with van der Waals surface area (Å²) in [6, 6.07) is 12.0. The molecular formula is C20H20ClN5O4S. The van der Waals surface area contributed by atoms with Gasteiger partial charge in [-0.2, -0.15) is 0 Å². The molecule has 11 heteroatoms. The van der Waals surface area contributed by atoms with E-state index in [4.69, 9.17) is 16.3 Å². The van der Waals surface area contributed by atoms with Crippen molar-refractivity contribution < 1.29 is 14.5 Å². The van der Waals surface area contributed by atoms with Gasteiger partial charge in [0, 0.05) is 24.4 Å². The number of nitro groups is 1. The number of nitrogens with zero attached hydrogens (tertiary/aromatic N) is 4. The molecule has 3 aromatic rings. The Labute approximate surface area is 187 Å². The Hall–Kier alpha value is -2.95. The number of thioether (sulfide) groups is 1. The summed E-state index contributed by atoms with van der Waals surface area (Å²) in [5.74, 6) is 0.409. The first-order valence-corrected chi connectivity index (χ1v) is 10.6. The van der Waals surface area contributed by atoms with Gasteiger partial charge in [-0.1, -0.05) is 47.1 Å². The summed E-state index contributed by atoms with van der Waals surface area (Å²) in [5, 5.41) is 22.8. The van der Waals surface area contributed by atoms with Gasteiger partial charge in [-0.25, -0.2) is 0 Å². The zero-order chi connectivity index (χ0) is 22.4. The Balaban J connectivity index is 1.73. The largest absolute Gasteiger partial charge is 0.383 e. The van der Waals surface area contributed by atoms with Crippen LogP contribution >= 0.6 is 23.4 Å². The number of nitrogens with one attached hydrogen (secondary N) is 1. The van der Waals surface area contributed by atoms with Crippen LogP contribution in [-0.4, -0.2) is 45.1 Å².